The van der Waals surface area contributed by atoms with Crippen molar-refractivity contribution in [1.82, 2.24) is 10.1 Å². The lowest BCUT2D eigenvalue weighted by Gasteiger charge is -2.06. The smallest absolute Gasteiger partial charge is 0.243 e. The number of nitrogens with zero attached hydrogens (tertiary/aromatic N) is 2. The Morgan fingerprint density at radius 3 is 3.15 bits per heavy atom. The van der Waals surface area contributed by atoms with Crippen molar-refractivity contribution in [2.45, 2.75) is 31.2 Å². The van der Waals surface area contributed by atoms with E-state index in [9.17, 15) is 0 Å². The van der Waals surface area contributed by atoms with Crippen LogP contribution in [0.25, 0.3) is 0 Å². The van der Waals surface area contributed by atoms with Gasteiger partial charge in [0.1, 0.15) is 0 Å². The molecule has 2 N–H and O–H groups in total. The zero-order chi connectivity index (χ0) is 13.9. The van der Waals surface area contributed by atoms with Crippen LogP contribution in [0.1, 0.15) is 47.6 Å². The molecular formula is C15H19N3OS. The second kappa shape index (κ2) is 5.97. The van der Waals surface area contributed by atoms with E-state index >= 15 is 0 Å². The van der Waals surface area contributed by atoms with E-state index in [4.69, 9.17) is 10.3 Å². The summed E-state index contributed by atoms with van der Waals surface area (Å²) in [6.45, 7) is 0. The molecule has 2 aromatic rings. The van der Waals surface area contributed by atoms with Gasteiger partial charge in [0.2, 0.25) is 5.89 Å². The van der Waals surface area contributed by atoms with Gasteiger partial charge in [-0.3, -0.25) is 0 Å². The molecule has 0 amide bonds. The van der Waals surface area contributed by atoms with Crippen LogP contribution in [0.2, 0.25) is 0 Å². The van der Waals surface area contributed by atoms with E-state index in [2.05, 4.69) is 40.7 Å². The molecule has 1 aliphatic carbocycles. The van der Waals surface area contributed by atoms with E-state index in [0.29, 0.717) is 5.89 Å². The quantitative estimate of drug-likeness (QED) is 0.917. The molecule has 1 aromatic carbocycles. The maximum atomic E-state index is 6.08. The van der Waals surface area contributed by atoms with Crippen molar-refractivity contribution in [3.05, 3.63) is 47.1 Å². The van der Waals surface area contributed by atoms with Crippen LogP contribution >= 0.6 is 11.8 Å². The number of aryl methyl sites for hydroxylation is 1. The van der Waals surface area contributed by atoms with E-state index in [1.807, 2.05) is 0 Å². The van der Waals surface area contributed by atoms with Crippen LogP contribution in [0.15, 0.2) is 28.8 Å². The van der Waals surface area contributed by atoms with Crippen molar-refractivity contribution in [3.8, 4) is 0 Å². The minimum absolute atomic E-state index is 0.152. The van der Waals surface area contributed by atoms with Gasteiger partial charge in [0, 0.05) is 5.92 Å². The fourth-order valence-corrected chi connectivity index (χ4v) is 3.22. The Balaban J connectivity index is 1.78. The van der Waals surface area contributed by atoms with Gasteiger partial charge in [0.25, 0.3) is 0 Å². The third-order valence-corrected chi connectivity index (χ3v) is 4.50. The molecule has 106 valence electrons. The van der Waals surface area contributed by atoms with Crippen molar-refractivity contribution in [1.29, 1.82) is 0 Å². The van der Waals surface area contributed by atoms with Crippen LogP contribution in [-0.2, 0) is 6.42 Å². The molecule has 5 heteroatoms. The first-order valence-electron chi connectivity index (χ1n) is 6.95. The summed E-state index contributed by atoms with van der Waals surface area (Å²) >= 11 is 1.78. The molecule has 1 aromatic heterocycles. The van der Waals surface area contributed by atoms with Crippen LogP contribution in [-0.4, -0.2) is 22.1 Å². The zero-order valence-corrected chi connectivity index (χ0v) is 12.4. The third-order valence-electron chi connectivity index (χ3n) is 3.85. The van der Waals surface area contributed by atoms with Crippen LogP contribution < -0.4 is 5.73 Å². The molecule has 0 radical (unpaired) electrons. The summed E-state index contributed by atoms with van der Waals surface area (Å²) in [6, 6.07) is 8.35. The van der Waals surface area contributed by atoms with Crippen molar-refractivity contribution >= 4 is 11.8 Å². The molecule has 0 fully saturated rings. The van der Waals surface area contributed by atoms with E-state index in [1.165, 1.54) is 11.1 Å². The monoisotopic (exact) mass is 289 g/mol. The zero-order valence-electron chi connectivity index (χ0n) is 11.6. The summed E-state index contributed by atoms with van der Waals surface area (Å²) in [5, 5.41) is 4.15. The van der Waals surface area contributed by atoms with Gasteiger partial charge in [-0.05, 0) is 42.4 Å². The number of fused-ring (bicyclic) bond motifs is 1. The van der Waals surface area contributed by atoms with Crippen LogP contribution in [0, 0.1) is 0 Å². The van der Waals surface area contributed by atoms with Crippen molar-refractivity contribution in [2.24, 2.45) is 5.73 Å². The molecule has 0 bridgehead atoms. The average Bonchev–Trinajstić information content (AvgIpc) is 3.10. The average molecular weight is 289 g/mol. The lowest BCUT2D eigenvalue weighted by atomic mass is 10.0. The molecule has 3 rings (SSSR count). The standard InChI is InChI=1S/C15H19N3OS/c1-20-9-8-13(16)15-17-14(18-19-15)12-7-6-10-4-2-3-5-11(10)12/h2-5,12-13H,6-9,16H2,1H3/t12?,13-/m0/s1. The van der Waals surface area contributed by atoms with Gasteiger partial charge in [-0.15, -0.1) is 0 Å². The summed E-state index contributed by atoms with van der Waals surface area (Å²) in [5.41, 5.74) is 8.81. The van der Waals surface area contributed by atoms with Crippen LogP contribution in [0.4, 0.5) is 0 Å². The number of thioether (sulfide) groups is 1. The number of benzene rings is 1. The van der Waals surface area contributed by atoms with Crippen molar-refractivity contribution in [3.63, 3.8) is 0 Å². The van der Waals surface area contributed by atoms with Gasteiger partial charge in [-0.1, -0.05) is 29.4 Å². The Morgan fingerprint density at radius 2 is 2.30 bits per heavy atom. The highest BCUT2D eigenvalue weighted by Gasteiger charge is 2.28. The van der Waals surface area contributed by atoms with Gasteiger partial charge < -0.3 is 10.3 Å². The molecule has 1 unspecified atom stereocenters. The Hall–Kier alpha value is -1.33. The summed E-state index contributed by atoms with van der Waals surface area (Å²) in [5.74, 6) is 2.62. The predicted octanol–water partition coefficient (Wildman–Crippen LogP) is 2.90. The van der Waals surface area contributed by atoms with Gasteiger partial charge in [-0.25, -0.2) is 0 Å². The summed E-state index contributed by atoms with van der Waals surface area (Å²) < 4.78 is 5.36. The van der Waals surface area contributed by atoms with Gasteiger partial charge in [-0.2, -0.15) is 16.7 Å². The lowest BCUT2D eigenvalue weighted by molar-refractivity contribution is 0.347. The molecule has 20 heavy (non-hydrogen) atoms. The number of rotatable bonds is 5. The van der Waals surface area contributed by atoms with Crippen LogP contribution in [0.5, 0.6) is 0 Å². The molecule has 0 aliphatic heterocycles. The maximum absolute atomic E-state index is 6.08. The Kier molecular flexibility index (Phi) is 4.08. The van der Waals surface area contributed by atoms with E-state index < -0.39 is 0 Å². The second-order valence-corrected chi connectivity index (χ2v) is 6.15. The molecule has 0 spiro atoms. The highest BCUT2D eigenvalue weighted by molar-refractivity contribution is 7.98. The SMILES string of the molecule is CSCC[C@H](N)c1nc(C2CCc3ccccc32)no1. The minimum Gasteiger partial charge on any atom is -0.338 e. The van der Waals surface area contributed by atoms with Crippen molar-refractivity contribution < 1.29 is 4.52 Å². The molecule has 1 heterocycles. The summed E-state index contributed by atoms with van der Waals surface area (Å²) in [6.07, 6.45) is 5.08. The molecule has 0 saturated carbocycles. The fraction of sp³-hybridized carbons (Fsp3) is 0.467. The topological polar surface area (TPSA) is 64.9 Å². The number of nitrogens with two attached hydrogens (primary N) is 1. The highest BCUT2D eigenvalue weighted by atomic mass is 32.2. The van der Waals surface area contributed by atoms with E-state index in [-0.39, 0.29) is 12.0 Å². The van der Waals surface area contributed by atoms with Gasteiger partial charge in [0.05, 0.1) is 6.04 Å². The molecule has 2 atom stereocenters. The first kappa shape index (κ1) is 13.6. The Labute approximate surface area is 123 Å². The summed E-state index contributed by atoms with van der Waals surface area (Å²) in [4.78, 5) is 4.53. The van der Waals surface area contributed by atoms with Gasteiger partial charge in [0.15, 0.2) is 5.82 Å². The maximum Gasteiger partial charge on any atom is 0.243 e. The first-order valence-corrected chi connectivity index (χ1v) is 8.35. The number of aromatic nitrogens is 2. The summed E-state index contributed by atoms with van der Waals surface area (Å²) in [7, 11) is 0. The molecule has 0 saturated heterocycles. The number of hydrogen-bond donors (Lipinski definition) is 1. The van der Waals surface area contributed by atoms with Crippen molar-refractivity contribution in [2.75, 3.05) is 12.0 Å². The second-order valence-electron chi connectivity index (χ2n) is 5.17. The Bertz CT molecular complexity index is 584. The van der Waals surface area contributed by atoms with E-state index in [0.717, 1.165) is 30.8 Å². The van der Waals surface area contributed by atoms with E-state index in [1.54, 1.807) is 11.8 Å². The number of hydrogen-bond acceptors (Lipinski definition) is 5. The van der Waals surface area contributed by atoms with Gasteiger partial charge >= 0.3 is 0 Å². The molecule has 1 aliphatic rings. The van der Waals surface area contributed by atoms with Crippen LogP contribution in [0.3, 0.4) is 0 Å². The normalized spacial score (nSPS) is 19.0. The lowest BCUT2D eigenvalue weighted by Crippen LogP contribution is -2.12. The first-order chi connectivity index (χ1) is 9.79. The highest BCUT2D eigenvalue weighted by Crippen LogP contribution is 2.36. The largest absolute Gasteiger partial charge is 0.338 e. The fourth-order valence-electron chi connectivity index (χ4n) is 2.73. The molecule has 4 nitrogen and oxygen atoms in total. The predicted molar refractivity (Wildman–Crippen MR) is 80.8 cm³/mol. The molecular weight excluding hydrogens is 270 g/mol. The third kappa shape index (κ3) is 2.60. The Morgan fingerprint density at radius 1 is 1.45 bits per heavy atom. The minimum atomic E-state index is -0.152.